The van der Waals surface area contributed by atoms with Gasteiger partial charge in [0.05, 0.1) is 0 Å². The molecule has 20 heavy (non-hydrogen) atoms. The lowest BCUT2D eigenvalue weighted by atomic mass is 10.0. The van der Waals surface area contributed by atoms with Gasteiger partial charge in [0.2, 0.25) is 0 Å². The van der Waals surface area contributed by atoms with Crippen molar-refractivity contribution in [3.63, 3.8) is 0 Å². The summed E-state index contributed by atoms with van der Waals surface area (Å²) in [6.07, 6.45) is -0.218. The van der Waals surface area contributed by atoms with Crippen LogP contribution in [0.5, 0.6) is 0 Å². The second-order valence-electron chi connectivity index (χ2n) is 5.56. The number of hydrogen-bond acceptors (Lipinski definition) is 2. The Kier molecular flexibility index (Phi) is 3.13. The fourth-order valence-corrected chi connectivity index (χ4v) is 2.46. The van der Waals surface area contributed by atoms with Gasteiger partial charge in [0.25, 0.3) is 0 Å². The first-order valence-corrected chi connectivity index (χ1v) is 6.71. The largest absolute Gasteiger partial charge is 0.463 e. The van der Waals surface area contributed by atoms with Crippen LogP contribution in [0.2, 0.25) is 0 Å². The second-order valence-corrected chi connectivity index (χ2v) is 5.56. The summed E-state index contributed by atoms with van der Waals surface area (Å²) < 4.78 is 33.0. The molecule has 0 saturated heterocycles. The van der Waals surface area contributed by atoms with E-state index in [1.54, 1.807) is 12.1 Å². The first kappa shape index (κ1) is 13.3. The average Bonchev–Trinajstić information content (AvgIpc) is 2.97. The van der Waals surface area contributed by atoms with Crippen LogP contribution in [0.4, 0.5) is 8.78 Å². The van der Waals surface area contributed by atoms with Crippen LogP contribution >= 0.6 is 0 Å². The van der Waals surface area contributed by atoms with E-state index in [1.807, 2.05) is 0 Å². The van der Waals surface area contributed by atoms with E-state index in [4.69, 9.17) is 4.42 Å². The molecular weight excluding hydrogens is 262 g/mol. The summed E-state index contributed by atoms with van der Waals surface area (Å²) in [6, 6.07) is 6.27. The Morgan fingerprint density at radius 3 is 2.55 bits per heavy atom. The molecule has 1 aliphatic carbocycles. The van der Waals surface area contributed by atoms with Gasteiger partial charge in [-0.25, -0.2) is 8.78 Å². The van der Waals surface area contributed by atoms with E-state index < -0.39 is 17.7 Å². The highest BCUT2D eigenvalue weighted by molar-refractivity contribution is 5.31. The molecule has 0 amide bonds. The van der Waals surface area contributed by atoms with Gasteiger partial charge in [0.15, 0.2) is 11.6 Å². The SMILES string of the molecule is Cc1ccc(C(O)c2ccc(C3CC3C)o2)c(F)c1F. The minimum absolute atomic E-state index is 0.0992. The highest BCUT2D eigenvalue weighted by Crippen LogP contribution is 2.47. The van der Waals surface area contributed by atoms with E-state index in [0.29, 0.717) is 11.8 Å². The lowest BCUT2D eigenvalue weighted by molar-refractivity contribution is 0.181. The number of aliphatic hydroxyl groups excluding tert-OH is 1. The van der Waals surface area contributed by atoms with Crippen LogP contribution in [-0.4, -0.2) is 5.11 Å². The lowest BCUT2D eigenvalue weighted by Crippen LogP contribution is -2.04. The number of benzene rings is 1. The van der Waals surface area contributed by atoms with Crippen LogP contribution in [0, 0.1) is 24.5 Å². The van der Waals surface area contributed by atoms with Crippen molar-refractivity contribution in [3.8, 4) is 0 Å². The third kappa shape index (κ3) is 2.14. The number of furan rings is 1. The molecule has 1 aliphatic rings. The van der Waals surface area contributed by atoms with Gasteiger partial charge in [-0.15, -0.1) is 0 Å². The van der Waals surface area contributed by atoms with Gasteiger partial charge in [-0.2, -0.15) is 0 Å². The van der Waals surface area contributed by atoms with Gasteiger partial charge in [-0.05, 0) is 37.0 Å². The van der Waals surface area contributed by atoms with E-state index >= 15 is 0 Å². The standard InChI is InChI=1S/C16H16F2O2/c1-8-3-4-10(15(18)14(8)17)16(19)13-6-5-12(20-13)11-7-9(11)2/h3-6,9,11,16,19H,7H2,1-2H3. The van der Waals surface area contributed by atoms with Crippen LogP contribution in [0.25, 0.3) is 0 Å². The molecular formula is C16H16F2O2. The van der Waals surface area contributed by atoms with E-state index in [0.717, 1.165) is 12.2 Å². The molecule has 0 spiro atoms. The van der Waals surface area contributed by atoms with Crippen molar-refractivity contribution in [3.05, 3.63) is 58.5 Å². The Morgan fingerprint density at radius 2 is 1.90 bits per heavy atom. The molecule has 0 radical (unpaired) electrons. The van der Waals surface area contributed by atoms with Gasteiger partial charge >= 0.3 is 0 Å². The van der Waals surface area contributed by atoms with Gasteiger partial charge in [-0.1, -0.05) is 19.1 Å². The van der Waals surface area contributed by atoms with Crippen molar-refractivity contribution in [2.75, 3.05) is 0 Å². The molecule has 1 heterocycles. The quantitative estimate of drug-likeness (QED) is 0.918. The van der Waals surface area contributed by atoms with Crippen LogP contribution in [0.3, 0.4) is 0 Å². The van der Waals surface area contributed by atoms with Crippen molar-refractivity contribution >= 4 is 0 Å². The Morgan fingerprint density at radius 1 is 1.20 bits per heavy atom. The molecule has 0 bridgehead atoms. The Bertz CT molecular complexity index is 648. The fourth-order valence-electron chi connectivity index (χ4n) is 2.46. The highest BCUT2D eigenvalue weighted by Gasteiger charge is 2.37. The maximum atomic E-state index is 13.9. The average molecular weight is 278 g/mol. The maximum Gasteiger partial charge on any atom is 0.165 e. The molecule has 106 valence electrons. The molecule has 0 aliphatic heterocycles. The van der Waals surface area contributed by atoms with Gasteiger partial charge in [0.1, 0.15) is 17.6 Å². The molecule has 1 saturated carbocycles. The van der Waals surface area contributed by atoms with Crippen LogP contribution in [0.1, 0.15) is 48.0 Å². The smallest absolute Gasteiger partial charge is 0.165 e. The van der Waals surface area contributed by atoms with Crippen molar-refractivity contribution in [2.24, 2.45) is 5.92 Å². The molecule has 1 N–H and O–H groups in total. The third-order valence-electron chi connectivity index (χ3n) is 3.99. The molecule has 1 aromatic heterocycles. The Labute approximate surface area is 116 Å². The number of halogens is 2. The van der Waals surface area contributed by atoms with Gasteiger partial charge < -0.3 is 9.52 Å². The number of aliphatic hydroxyl groups is 1. The molecule has 2 nitrogen and oxygen atoms in total. The molecule has 1 aromatic carbocycles. The predicted octanol–water partition coefficient (Wildman–Crippen LogP) is 4.07. The number of hydrogen-bond donors (Lipinski definition) is 1. The van der Waals surface area contributed by atoms with Crippen LogP contribution < -0.4 is 0 Å². The summed E-state index contributed by atoms with van der Waals surface area (Å²) in [5.41, 5.74) is 0.114. The van der Waals surface area contributed by atoms with E-state index in [1.165, 1.54) is 19.1 Å². The molecule has 3 atom stereocenters. The normalized spacial score (nSPS) is 22.9. The number of rotatable bonds is 3. The molecule has 3 rings (SSSR count). The molecule has 1 fully saturated rings. The first-order chi connectivity index (χ1) is 9.49. The van der Waals surface area contributed by atoms with E-state index in [9.17, 15) is 13.9 Å². The fraction of sp³-hybridized carbons (Fsp3) is 0.375. The summed E-state index contributed by atoms with van der Waals surface area (Å²) in [5.74, 6) is 0.0791. The highest BCUT2D eigenvalue weighted by atomic mass is 19.2. The molecule has 2 aromatic rings. The summed E-state index contributed by atoms with van der Waals surface area (Å²) in [6.45, 7) is 3.60. The first-order valence-electron chi connectivity index (χ1n) is 6.71. The summed E-state index contributed by atoms with van der Waals surface area (Å²) >= 11 is 0. The Hall–Kier alpha value is -1.68. The van der Waals surface area contributed by atoms with Crippen molar-refractivity contribution < 1.29 is 18.3 Å². The topological polar surface area (TPSA) is 33.4 Å². The maximum absolute atomic E-state index is 13.9. The van der Waals surface area contributed by atoms with Crippen molar-refractivity contribution in [1.29, 1.82) is 0 Å². The zero-order chi connectivity index (χ0) is 14.4. The second kappa shape index (κ2) is 4.70. The summed E-state index contributed by atoms with van der Waals surface area (Å²) in [4.78, 5) is 0. The molecule has 4 heteroatoms. The van der Waals surface area contributed by atoms with Crippen molar-refractivity contribution in [1.82, 2.24) is 0 Å². The zero-order valence-corrected chi connectivity index (χ0v) is 11.4. The van der Waals surface area contributed by atoms with Crippen LogP contribution in [0.15, 0.2) is 28.7 Å². The lowest BCUT2D eigenvalue weighted by Gasteiger charge is -2.11. The summed E-state index contributed by atoms with van der Waals surface area (Å²) in [7, 11) is 0. The van der Waals surface area contributed by atoms with Crippen molar-refractivity contribution in [2.45, 2.75) is 32.3 Å². The van der Waals surface area contributed by atoms with E-state index in [2.05, 4.69) is 6.92 Å². The van der Waals surface area contributed by atoms with Gasteiger partial charge in [0, 0.05) is 11.5 Å². The van der Waals surface area contributed by atoms with Crippen LogP contribution in [-0.2, 0) is 0 Å². The minimum atomic E-state index is -1.28. The summed E-state index contributed by atoms with van der Waals surface area (Å²) in [5, 5.41) is 10.2. The molecule has 3 unspecified atom stereocenters. The zero-order valence-electron chi connectivity index (χ0n) is 11.4. The monoisotopic (exact) mass is 278 g/mol. The number of aryl methyl sites for hydroxylation is 1. The predicted molar refractivity (Wildman–Crippen MR) is 70.4 cm³/mol. The van der Waals surface area contributed by atoms with E-state index in [-0.39, 0.29) is 16.9 Å². The van der Waals surface area contributed by atoms with Gasteiger partial charge in [-0.3, -0.25) is 0 Å². The minimum Gasteiger partial charge on any atom is -0.463 e. The Balaban J connectivity index is 1.90. The third-order valence-corrected chi connectivity index (χ3v) is 3.99.